The van der Waals surface area contributed by atoms with Gasteiger partial charge < -0.3 is 0 Å². The van der Waals surface area contributed by atoms with Gasteiger partial charge in [-0.3, -0.25) is 14.8 Å². The Bertz CT molecular complexity index is 703. The largest absolute Gasteiger partial charge is 0.288 e. The molecule has 1 fully saturated rings. The Morgan fingerprint density at radius 3 is 2.32 bits per heavy atom. The Kier molecular flexibility index (Phi) is 3.83. The van der Waals surface area contributed by atoms with Crippen molar-refractivity contribution in [3.63, 3.8) is 0 Å². The van der Waals surface area contributed by atoms with Crippen LogP contribution < -0.4 is 9.96 Å². The molecule has 1 N–H and O–H groups in total. The summed E-state index contributed by atoms with van der Waals surface area (Å²) < 4.78 is 0. The second kappa shape index (κ2) is 5.79. The highest BCUT2D eigenvalue weighted by molar-refractivity contribution is 6.30. The molecule has 0 saturated carbocycles. The number of hydrogen-bond acceptors (Lipinski definition) is 4. The van der Waals surface area contributed by atoms with E-state index in [1.165, 1.54) is 0 Å². The maximum absolute atomic E-state index is 12.5. The van der Waals surface area contributed by atoms with E-state index >= 15 is 0 Å². The van der Waals surface area contributed by atoms with Crippen LogP contribution in [0.1, 0.15) is 6.42 Å². The van der Waals surface area contributed by atoms with E-state index in [0.29, 0.717) is 16.4 Å². The van der Waals surface area contributed by atoms with Crippen LogP contribution >= 0.6 is 11.6 Å². The molecule has 1 heterocycles. The number of para-hydroxylation sites is 1. The summed E-state index contributed by atoms with van der Waals surface area (Å²) in [5, 5.41) is 11.6. The van der Waals surface area contributed by atoms with E-state index in [1.54, 1.807) is 54.6 Å². The minimum absolute atomic E-state index is 0.0765. The van der Waals surface area contributed by atoms with Crippen molar-refractivity contribution in [2.45, 2.75) is 12.5 Å². The molecular formula is C16H13ClN2O3. The number of anilines is 2. The first-order valence-electron chi connectivity index (χ1n) is 6.73. The van der Waals surface area contributed by atoms with Crippen molar-refractivity contribution in [3.05, 3.63) is 59.6 Å². The zero-order valence-electron chi connectivity index (χ0n) is 11.5. The zero-order valence-corrected chi connectivity index (χ0v) is 12.3. The van der Waals surface area contributed by atoms with E-state index < -0.39 is 11.9 Å². The summed E-state index contributed by atoms with van der Waals surface area (Å²) in [5.74, 6) is -0.814. The van der Waals surface area contributed by atoms with Gasteiger partial charge in [0.25, 0.3) is 5.91 Å². The lowest BCUT2D eigenvalue weighted by Gasteiger charge is -2.22. The van der Waals surface area contributed by atoms with E-state index in [0.717, 1.165) is 9.96 Å². The topological polar surface area (TPSA) is 60.9 Å². The van der Waals surface area contributed by atoms with Crippen LogP contribution in [0.2, 0.25) is 5.02 Å². The number of rotatable bonds is 3. The van der Waals surface area contributed by atoms with Crippen LogP contribution in [0.25, 0.3) is 0 Å². The molecule has 0 unspecified atom stereocenters. The van der Waals surface area contributed by atoms with Crippen LogP contribution in [0, 0.1) is 0 Å². The van der Waals surface area contributed by atoms with Gasteiger partial charge in [0.1, 0.15) is 6.04 Å². The summed E-state index contributed by atoms with van der Waals surface area (Å²) in [7, 11) is 0. The summed E-state index contributed by atoms with van der Waals surface area (Å²) >= 11 is 5.81. The maximum atomic E-state index is 12.5. The quantitative estimate of drug-likeness (QED) is 0.698. The molecule has 0 aromatic heterocycles. The zero-order chi connectivity index (χ0) is 15.7. The highest BCUT2D eigenvalue weighted by Gasteiger charge is 2.43. The Morgan fingerprint density at radius 2 is 1.68 bits per heavy atom. The molecule has 2 aromatic carbocycles. The third-order valence-corrected chi connectivity index (χ3v) is 3.78. The number of nitrogens with zero attached hydrogens (tertiary/aromatic N) is 2. The van der Waals surface area contributed by atoms with Gasteiger partial charge in [0.2, 0.25) is 5.91 Å². The second-order valence-electron chi connectivity index (χ2n) is 4.94. The number of benzene rings is 2. The molecule has 5 nitrogen and oxygen atoms in total. The minimum Gasteiger partial charge on any atom is -0.288 e. The number of hydrogen-bond donors (Lipinski definition) is 1. The molecule has 22 heavy (non-hydrogen) atoms. The first kappa shape index (κ1) is 14.6. The third-order valence-electron chi connectivity index (χ3n) is 3.52. The van der Waals surface area contributed by atoms with E-state index in [1.807, 2.05) is 0 Å². The predicted molar refractivity (Wildman–Crippen MR) is 83.1 cm³/mol. The van der Waals surface area contributed by atoms with Crippen molar-refractivity contribution < 1.29 is 14.8 Å². The molecule has 1 atom stereocenters. The number of imide groups is 1. The summed E-state index contributed by atoms with van der Waals surface area (Å²) in [6.07, 6.45) is -0.0765. The molecule has 3 rings (SSSR count). The van der Waals surface area contributed by atoms with Gasteiger partial charge in [0.05, 0.1) is 17.8 Å². The van der Waals surface area contributed by atoms with E-state index in [-0.39, 0.29) is 12.3 Å². The molecule has 6 heteroatoms. The Balaban J connectivity index is 1.87. The number of hydroxylamine groups is 1. The fraction of sp³-hybridized carbons (Fsp3) is 0.125. The molecule has 1 saturated heterocycles. The van der Waals surface area contributed by atoms with E-state index in [4.69, 9.17) is 11.6 Å². The molecule has 2 amide bonds. The summed E-state index contributed by atoms with van der Waals surface area (Å²) in [6.45, 7) is 0. The van der Waals surface area contributed by atoms with Crippen LogP contribution in [0.5, 0.6) is 0 Å². The minimum atomic E-state index is -0.925. The van der Waals surface area contributed by atoms with Crippen LogP contribution in [0.3, 0.4) is 0 Å². The van der Waals surface area contributed by atoms with Crippen LogP contribution in [-0.4, -0.2) is 23.1 Å². The molecule has 112 valence electrons. The molecule has 1 aliphatic heterocycles. The highest BCUT2D eigenvalue weighted by atomic mass is 35.5. The summed E-state index contributed by atoms with van der Waals surface area (Å²) in [6, 6.07) is 14.1. The molecule has 0 spiro atoms. The van der Waals surface area contributed by atoms with E-state index in [9.17, 15) is 14.8 Å². The van der Waals surface area contributed by atoms with Gasteiger partial charge in [-0.05, 0) is 36.4 Å². The lowest BCUT2D eigenvalue weighted by molar-refractivity contribution is -0.121. The van der Waals surface area contributed by atoms with Crippen molar-refractivity contribution >= 4 is 34.8 Å². The Hall–Kier alpha value is -2.37. The fourth-order valence-corrected chi connectivity index (χ4v) is 2.56. The van der Waals surface area contributed by atoms with Crippen molar-refractivity contribution in [3.8, 4) is 0 Å². The number of carbonyl (C=O) groups is 2. The second-order valence-corrected chi connectivity index (χ2v) is 5.38. The molecule has 2 aromatic rings. The fourth-order valence-electron chi connectivity index (χ4n) is 2.43. The van der Waals surface area contributed by atoms with Crippen LogP contribution in [0.15, 0.2) is 54.6 Å². The molecule has 1 aliphatic rings. The van der Waals surface area contributed by atoms with E-state index in [2.05, 4.69) is 0 Å². The number of carbonyl (C=O) groups excluding carboxylic acids is 2. The lowest BCUT2D eigenvalue weighted by Crippen LogP contribution is -2.40. The van der Waals surface area contributed by atoms with Crippen molar-refractivity contribution in [2.24, 2.45) is 0 Å². The monoisotopic (exact) mass is 316 g/mol. The lowest BCUT2D eigenvalue weighted by atomic mass is 10.2. The van der Waals surface area contributed by atoms with Gasteiger partial charge in [-0.2, -0.15) is 0 Å². The number of amides is 2. The first-order valence-corrected chi connectivity index (χ1v) is 7.11. The highest BCUT2D eigenvalue weighted by Crippen LogP contribution is 2.28. The van der Waals surface area contributed by atoms with Gasteiger partial charge in [-0.15, -0.1) is 0 Å². The van der Waals surface area contributed by atoms with Gasteiger partial charge in [0.15, 0.2) is 0 Å². The predicted octanol–water partition coefficient (Wildman–Crippen LogP) is 2.87. The van der Waals surface area contributed by atoms with Crippen LogP contribution in [0.4, 0.5) is 11.4 Å². The Morgan fingerprint density at radius 1 is 1.05 bits per heavy atom. The van der Waals surface area contributed by atoms with Gasteiger partial charge in [-0.1, -0.05) is 29.8 Å². The third kappa shape index (κ3) is 2.56. The molecule has 0 radical (unpaired) electrons. The molecule has 0 aliphatic carbocycles. The van der Waals surface area contributed by atoms with Crippen molar-refractivity contribution in [2.75, 3.05) is 9.96 Å². The normalized spacial score (nSPS) is 17.9. The van der Waals surface area contributed by atoms with Gasteiger partial charge in [-0.25, -0.2) is 9.96 Å². The number of halogens is 1. The average molecular weight is 317 g/mol. The molecule has 0 bridgehead atoms. The first-order chi connectivity index (χ1) is 10.6. The molecular weight excluding hydrogens is 304 g/mol. The standard InChI is InChI=1S/C16H13ClN2O3/c17-11-6-8-12(9-7-11)18-15(20)10-14(16(18)21)19(22)13-4-2-1-3-5-13/h1-9,14,22H,10H2/t14-/m1/s1. The van der Waals surface area contributed by atoms with Crippen LogP contribution in [-0.2, 0) is 9.59 Å². The van der Waals surface area contributed by atoms with Crippen molar-refractivity contribution in [1.82, 2.24) is 0 Å². The van der Waals surface area contributed by atoms with Gasteiger partial charge >= 0.3 is 0 Å². The van der Waals surface area contributed by atoms with Crippen molar-refractivity contribution in [1.29, 1.82) is 0 Å². The summed E-state index contributed by atoms with van der Waals surface area (Å²) in [4.78, 5) is 25.7. The average Bonchev–Trinajstić information content (AvgIpc) is 2.83. The Labute approximate surface area is 132 Å². The van der Waals surface area contributed by atoms with Gasteiger partial charge in [0, 0.05) is 5.02 Å². The summed E-state index contributed by atoms with van der Waals surface area (Å²) in [5.41, 5.74) is 0.912. The maximum Gasteiger partial charge on any atom is 0.259 e. The SMILES string of the molecule is O=C1C[C@@H](N(O)c2ccccc2)C(=O)N1c1ccc(Cl)cc1. The smallest absolute Gasteiger partial charge is 0.259 e.